The van der Waals surface area contributed by atoms with Crippen LogP contribution in [0.2, 0.25) is 5.02 Å². The lowest BCUT2D eigenvalue weighted by Crippen LogP contribution is -2.58. The average molecular weight is 1040 g/mol. The van der Waals surface area contributed by atoms with Crippen LogP contribution in [0, 0.1) is 34.6 Å². The molecule has 20 heteroatoms. The van der Waals surface area contributed by atoms with Crippen molar-refractivity contribution in [2.75, 3.05) is 63.9 Å². The Morgan fingerprint density at radius 1 is 0.959 bits per heavy atom. The van der Waals surface area contributed by atoms with E-state index in [2.05, 4.69) is 20.6 Å². The number of carbonyl (C=O) groups excluding carboxylic acids is 4. The van der Waals surface area contributed by atoms with Gasteiger partial charge in [0.05, 0.1) is 22.6 Å². The quantitative estimate of drug-likeness (QED) is 0.0807. The minimum absolute atomic E-state index is 0.00315. The molecular weight excluding hydrogens is 984 g/mol. The van der Waals surface area contributed by atoms with Crippen LogP contribution in [0.3, 0.4) is 0 Å². The number of benzene rings is 4. The van der Waals surface area contributed by atoms with E-state index in [0.717, 1.165) is 12.1 Å². The molecule has 5 N–H and O–H groups in total. The van der Waals surface area contributed by atoms with Gasteiger partial charge in [0.15, 0.2) is 28.8 Å². The molecule has 1 saturated carbocycles. The molecule has 2 unspecified atom stereocenters. The first-order chi connectivity index (χ1) is 35.4. The molecule has 74 heavy (non-hydrogen) atoms. The summed E-state index contributed by atoms with van der Waals surface area (Å²) in [6.45, 7) is 6.94. The van der Waals surface area contributed by atoms with Crippen LogP contribution in [0.25, 0.3) is 22.0 Å². The molecule has 0 bridgehead atoms. The lowest BCUT2D eigenvalue weighted by atomic mass is 9.72. The van der Waals surface area contributed by atoms with Crippen molar-refractivity contribution in [1.82, 2.24) is 30.2 Å². The maximum Gasteiger partial charge on any atom is 0.329 e. The van der Waals surface area contributed by atoms with Crippen molar-refractivity contribution in [3.8, 4) is 22.6 Å². The normalized spacial score (nSPS) is 23.7. The van der Waals surface area contributed by atoms with Gasteiger partial charge >= 0.3 is 6.03 Å². The number of aryl methyl sites for hydroxylation is 1. The number of ether oxygens (including phenoxy) is 2. The fourth-order valence-corrected chi connectivity index (χ4v) is 12.4. The van der Waals surface area contributed by atoms with Gasteiger partial charge < -0.3 is 35.4 Å². The number of primary amides is 1. The molecule has 392 valence electrons. The highest BCUT2D eigenvalue weighted by atomic mass is 35.5. The third-order valence-electron chi connectivity index (χ3n) is 16.2. The van der Waals surface area contributed by atoms with Crippen molar-refractivity contribution in [1.29, 1.82) is 0 Å². The number of piperidine rings is 1. The molecule has 1 aliphatic carbocycles. The highest BCUT2D eigenvalue weighted by Crippen LogP contribution is 2.57. The number of fused-ring (bicyclic) bond motifs is 2. The summed E-state index contributed by atoms with van der Waals surface area (Å²) in [5, 5.41) is 19.4. The largest absolute Gasteiger partial charge is 0.488 e. The minimum Gasteiger partial charge on any atom is -0.488 e. The van der Waals surface area contributed by atoms with Crippen LogP contribution >= 0.6 is 11.6 Å². The standard InChI is InChI=1S/C54H59ClF4N8O7/c1-29-41-39(24-37(57)45(55)44(41)43-34(49(60)70)9-10-38(46(43)58)73-22-21-68)74-54(29,32-7-5-4-6-8-32)28-61-33-11-16-53(2,17-12-33)51(71)66-26-30(27-66)25-65-18-13-31(14-19-65)42-36(56)23-35-48(47(42)59)64(3)63-50(35)67-20-15-40(69)62-52(67)72/h4-10,23-24,29-31,33,61,68H,11-22,25-28H2,1-3H3,(H2,60,70)(H,62,69,72). The average Bonchev–Trinajstić information content (AvgIpc) is 3.86. The van der Waals surface area contributed by atoms with Gasteiger partial charge in [-0.05, 0) is 81.3 Å². The SMILES string of the molecule is CC1c2c(cc(F)c(Cl)c2-c2c(C(N)=O)ccc(OCCO)c2F)OC1(CNC1CCC(C)(C(=O)N2CC(CN3CCC(c4c(F)cc5c(N6CCC(=O)NC6=O)nn(C)c5c4F)CC3)C2)CC1)c1ccccc1. The van der Waals surface area contributed by atoms with E-state index >= 15 is 17.6 Å². The van der Waals surface area contributed by atoms with Gasteiger partial charge in [0.1, 0.15) is 29.5 Å². The maximum absolute atomic E-state index is 16.5. The fraction of sp³-hybridized carbons (Fsp3) is 0.463. The number of aliphatic hydroxyl groups excluding tert-OH is 1. The number of nitrogens with zero attached hydrogens (tertiary/aromatic N) is 5. The highest BCUT2D eigenvalue weighted by molar-refractivity contribution is 6.34. The first-order valence-electron chi connectivity index (χ1n) is 25.3. The Labute approximate surface area is 430 Å². The number of carbonyl (C=O) groups is 4. The predicted octanol–water partition coefficient (Wildman–Crippen LogP) is 7.63. The summed E-state index contributed by atoms with van der Waals surface area (Å²) >= 11 is 6.72. The highest BCUT2D eigenvalue weighted by Gasteiger charge is 2.51. The zero-order chi connectivity index (χ0) is 52.4. The summed E-state index contributed by atoms with van der Waals surface area (Å²) < 4.78 is 78.0. The van der Waals surface area contributed by atoms with Gasteiger partial charge in [-0.15, -0.1) is 0 Å². The van der Waals surface area contributed by atoms with Gasteiger partial charge in [0.25, 0.3) is 0 Å². The zero-order valence-corrected chi connectivity index (χ0v) is 42.2. The van der Waals surface area contributed by atoms with Gasteiger partial charge in [0.2, 0.25) is 17.7 Å². The second-order valence-corrected chi connectivity index (χ2v) is 21.2. The Hall–Kier alpha value is -6.28. The van der Waals surface area contributed by atoms with Gasteiger partial charge in [-0.25, -0.2) is 22.4 Å². The molecular formula is C54H59ClF4N8O7. The number of urea groups is 1. The number of nitrogens with two attached hydrogens (primary N) is 1. The van der Waals surface area contributed by atoms with Crippen molar-refractivity contribution in [2.45, 2.75) is 82.3 Å². The van der Waals surface area contributed by atoms with Gasteiger partial charge in [0, 0.05) is 97.8 Å². The van der Waals surface area contributed by atoms with E-state index in [-0.39, 0.29) is 100 Å². The van der Waals surface area contributed by atoms with Gasteiger partial charge in [-0.3, -0.25) is 29.3 Å². The van der Waals surface area contributed by atoms with E-state index in [1.165, 1.54) is 33.8 Å². The van der Waals surface area contributed by atoms with Crippen molar-refractivity contribution < 1.29 is 51.3 Å². The van der Waals surface area contributed by atoms with E-state index < -0.39 is 69.7 Å². The first-order valence-corrected chi connectivity index (χ1v) is 25.6. The molecule has 4 fully saturated rings. The number of amides is 5. The number of hydrogen-bond acceptors (Lipinski definition) is 10. The van der Waals surface area contributed by atoms with Crippen LogP contribution in [0.15, 0.2) is 54.6 Å². The molecule has 5 heterocycles. The smallest absolute Gasteiger partial charge is 0.329 e. The molecule has 2 atom stereocenters. The molecule has 0 radical (unpaired) electrons. The van der Waals surface area contributed by atoms with E-state index in [9.17, 15) is 24.3 Å². The summed E-state index contributed by atoms with van der Waals surface area (Å²) in [6, 6.07) is 13.7. The summed E-state index contributed by atoms with van der Waals surface area (Å²) in [7, 11) is 1.55. The molecule has 15 nitrogen and oxygen atoms in total. The summed E-state index contributed by atoms with van der Waals surface area (Å²) in [5.74, 6) is -5.22. The number of anilines is 1. The first kappa shape index (κ1) is 51.2. The van der Waals surface area contributed by atoms with E-state index in [1.54, 1.807) is 7.05 Å². The zero-order valence-electron chi connectivity index (χ0n) is 41.4. The number of hydrogen-bond donors (Lipinski definition) is 4. The topological polar surface area (TPSA) is 185 Å². The second-order valence-electron chi connectivity index (χ2n) is 20.8. The van der Waals surface area contributed by atoms with Crippen molar-refractivity contribution in [2.24, 2.45) is 24.1 Å². The van der Waals surface area contributed by atoms with Crippen LogP contribution in [-0.4, -0.2) is 114 Å². The molecule has 4 aromatic carbocycles. The molecule has 3 saturated heterocycles. The van der Waals surface area contributed by atoms with Crippen molar-refractivity contribution in [3.05, 3.63) is 105 Å². The Bertz CT molecular complexity index is 3050. The van der Waals surface area contributed by atoms with Crippen LogP contribution in [0.1, 0.15) is 97.7 Å². The lowest BCUT2D eigenvalue weighted by molar-refractivity contribution is -0.150. The number of halogens is 5. The van der Waals surface area contributed by atoms with E-state index in [1.807, 2.05) is 49.1 Å². The Morgan fingerprint density at radius 2 is 1.68 bits per heavy atom. The number of likely N-dealkylation sites (tertiary alicyclic amines) is 2. The van der Waals surface area contributed by atoms with E-state index in [0.29, 0.717) is 70.3 Å². The number of aromatic nitrogens is 2. The summed E-state index contributed by atoms with van der Waals surface area (Å²) in [5.41, 5.74) is 4.69. The number of imide groups is 1. The third kappa shape index (κ3) is 9.02. The van der Waals surface area contributed by atoms with Crippen LogP contribution < -0.4 is 30.7 Å². The molecule has 10 rings (SSSR count). The Kier molecular flexibility index (Phi) is 13.9. The van der Waals surface area contributed by atoms with Crippen LogP contribution in [-0.2, 0) is 22.2 Å². The molecule has 4 aliphatic heterocycles. The number of nitrogens with one attached hydrogen (secondary N) is 2. The minimum atomic E-state index is -1.15. The third-order valence-corrected chi connectivity index (χ3v) is 16.6. The molecule has 5 aromatic rings. The van der Waals surface area contributed by atoms with Gasteiger partial charge in [-0.2, -0.15) is 5.10 Å². The monoisotopic (exact) mass is 1040 g/mol. The van der Waals surface area contributed by atoms with Crippen LogP contribution in [0.4, 0.5) is 28.2 Å². The van der Waals surface area contributed by atoms with E-state index in [4.69, 9.17) is 26.8 Å². The second kappa shape index (κ2) is 20.1. The summed E-state index contributed by atoms with van der Waals surface area (Å²) in [4.78, 5) is 56.7. The number of aliphatic hydroxyl groups is 1. The molecule has 1 aromatic heterocycles. The molecule has 0 spiro atoms. The molecule has 5 aliphatic rings. The van der Waals surface area contributed by atoms with Crippen molar-refractivity contribution >= 4 is 52.1 Å². The predicted molar refractivity (Wildman–Crippen MR) is 268 cm³/mol. The molecule has 5 amide bonds. The Morgan fingerprint density at radius 3 is 2.35 bits per heavy atom. The number of rotatable bonds is 14. The van der Waals surface area contributed by atoms with Crippen molar-refractivity contribution in [3.63, 3.8) is 0 Å². The maximum atomic E-state index is 16.5. The lowest BCUT2D eigenvalue weighted by Gasteiger charge is -2.48. The summed E-state index contributed by atoms with van der Waals surface area (Å²) in [6.07, 6.45) is 3.86. The Balaban J connectivity index is 0.759. The fourth-order valence-electron chi connectivity index (χ4n) is 12.2. The van der Waals surface area contributed by atoms with Crippen LogP contribution in [0.5, 0.6) is 11.5 Å². The van der Waals surface area contributed by atoms with Gasteiger partial charge in [-0.1, -0.05) is 55.8 Å².